The van der Waals surface area contributed by atoms with Gasteiger partial charge in [0.1, 0.15) is 15.1 Å². The zero-order valence-electron chi connectivity index (χ0n) is 20.9. The summed E-state index contributed by atoms with van der Waals surface area (Å²) in [7, 11) is 0.409. The molecule has 0 radical (unpaired) electrons. The molecular weight excluding hydrogens is 459 g/mol. The van der Waals surface area contributed by atoms with Crippen molar-refractivity contribution < 1.29 is 4.57 Å². The molecule has 1 aliphatic carbocycles. The number of nitrogens with zero attached hydrogens (tertiary/aromatic N) is 1. The van der Waals surface area contributed by atoms with Crippen LogP contribution in [-0.2, 0) is 19.9 Å². The van der Waals surface area contributed by atoms with Gasteiger partial charge >= 0.3 is 0 Å². The highest BCUT2D eigenvalue weighted by atomic mass is 32.2. The number of hydrogen-bond acceptors (Lipinski definition) is 1. The maximum Gasteiger partial charge on any atom is 0.222 e. The minimum atomic E-state index is -1.81. The van der Waals surface area contributed by atoms with Crippen LogP contribution in [-0.4, -0.2) is 8.07 Å². The molecule has 0 N–H and O–H groups in total. The average Bonchev–Trinajstić information content (AvgIpc) is 2.89. The molecule has 7 rings (SSSR count). The number of pyridine rings is 1. The quantitative estimate of drug-likeness (QED) is 0.197. The molecule has 0 saturated carbocycles. The van der Waals surface area contributed by atoms with E-state index in [0.717, 1.165) is 0 Å². The third-order valence-corrected chi connectivity index (χ3v) is 13.2. The van der Waals surface area contributed by atoms with Crippen LogP contribution in [0.5, 0.6) is 0 Å². The summed E-state index contributed by atoms with van der Waals surface area (Å²) in [5.41, 5.74) is 7.41. The molecule has 3 heteroatoms. The Morgan fingerprint density at radius 3 is 2.51 bits per heavy atom. The molecule has 0 saturated heterocycles. The first kappa shape index (κ1) is 21.4. The Morgan fingerprint density at radius 2 is 1.69 bits per heavy atom. The second-order valence-corrected chi connectivity index (χ2v) is 16.3. The fourth-order valence-corrected chi connectivity index (χ4v) is 10.4. The van der Waals surface area contributed by atoms with Crippen LogP contribution in [0.15, 0.2) is 82.7 Å². The molecule has 0 fully saturated rings. The summed E-state index contributed by atoms with van der Waals surface area (Å²) in [6, 6.07) is 25.5. The van der Waals surface area contributed by atoms with Crippen molar-refractivity contribution in [3.05, 3.63) is 89.6 Å². The largest absolute Gasteiger partial charge is 0.222 e. The lowest BCUT2D eigenvalue weighted by Crippen LogP contribution is -2.52. The van der Waals surface area contributed by atoms with E-state index in [1.54, 1.807) is 5.56 Å². The standard InChI is InChI=1S/C32H30NSSi/c1-20-25-14-8-10-21-11-9-15-26(29(21)25)32-28(20)31-30-22(16-17-33(31)2)18-24(19-27(30)34-32)35(3,4)23-12-6-5-7-13-23/h5-8,10,12-14,16-19H,9,11,15H2,1-4H3/q+1. The molecule has 2 aliphatic rings. The predicted octanol–water partition coefficient (Wildman–Crippen LogP) is 6.57. The lowest BCUT2D eigenvalue weighted by atomic mass is 9.83. The molecule has 0 atom stereocenters. The van der Waals surface area contributed by atoms with Gasteiger partial charge in [0.15, 0.2) is 6.20 Å². The van der Waals surface area contributed by atoms with E-state index in [1.807, 2.05) is 11.8 Å². The van der Waals surface area contributed by atoms with Gasteiger partial charge in [-0.1, -0.05) is 89.8 Å². The van der Waals surface area contributed by atoms with E-state index in [2.05, 4.69) is 105 Å². The van der Waals surface area contributed by atoms with Crippen LogP contribution in [0.2, 0.25) is 13.1 Å². The SMILES string of the molecule is Cc1c2c(c3c4c(cccc14)CCC3)Sc1cc([Si](C)(C)c3ccccc3)cc3cc[n+](C)c-2c13. The van der Waals surface area contributed by atoms with Crippen LogP contribution >= 0.6 is 11.8 Å². The number of aryl methyl sites for hydroxylation is 4. The fraction of sp³-hybridized carbons (Fsp3) is 0.219. The van der Waals surface area contributed by atoms with E-state index in [9.17, 15) is 0 Å². The summed E-state index contributed by atoms with van der Waals surface area (Å²) in [5.74, 6) is 0. The van der Waals surface area contributed by atoms with Crippen molar-refractivity contribution in [2.24, 2.45) is 7.05 Å². The van der Waals surface area contributed by atoms with E-state index in [1.165, 1.54) is 83.4 Å². The first-order valence-corrected chi connectivity index (χ1v) is 16.5. The third kappa shape index (κ3) is 2.98. The molecule has 0 spiro atoms. The number of hydrogen-bond donors (Lipinski definition) is 0. The van der Waals surface area contributed by atoms with Crippen LogP contribution < -0.4 is 14.9 Å². The van der Waals surface area contributed by atoms with Gasteiger partial charge in [0.25, 0.3) is 0 Å². The van der Waals surface area contributed by atoms with Gasteiger partial charge in [-0.05, 0) is 65.1 Å². The van der Waals surface area contributed by atoms with Crippen molar-refractivity contribution in [2.45, 2.75) is 49.1 Å². The summed E-state index contributed by atoms with van der Waals surface area (Å²) in [6.07, 6.45) is 5.91. The highest BCUT2D eigenvalue weighted by molar-refractivity contribution is 8.00. The molecule has 1 aliphatic heterocycles. The summed E-state index contributed by atoms with van der Waals surface area (Å²) >= 11 is 2.04. The Morgan fingerprint density at radius 1 is 0.857 bits per heavy atom. The Bertz CT molecular complexity index is 1680. The van der Waals surface area contributed by atoms with Gasteiger partial charge in [0, 0.05) is 15.9 Å². The molecule has 0 unspecified atom stereocenters. The van der Waals surface area contributed by atoms with Crippen molar-refractivity contribution in [2.75, 3.05) is 0 Å². The molecule has 0 amide bonds. The lowest BCUT2D eigenvalue weighted by Gasteiger charge is -2.29. The van der Waals surface area contributed by atoms with Crippen molar-refractivity contribution in [3.8, 4) is 11.3 Å². The fourth-order valence-electron chi connectivity index (χ4n) is 6.48. The van der Waals surface area contributed by atoms with E-state index in [-0.39, 0.29) is 0 Å². The van der Waals surface area contributed by atoms with E-state index in [0.29, 0.717) is 0 Å². The zero-order valence-corrected chi connectivity index (χ0v) is 22.7. The van der Waals surface area contributed by atoms with Crippen LogP contribution in [0.25, 0.3) is 32.8 Å². The van der Waals surface area contributed by atoms with Gasteiger partial charge in [-0.15, -0.1) is 0 Å². The minimum absolute atomic E-state index is 1.18. The summed E-state index contributed by atoms with van der Waals surface area (Å²) < 4.78 is 2.36. The number of benzene rings is 4. The second kappa shape index (κ2) is 7.56. The predicted molar refractivity (Wildman–Crippen MR) is 152 cm³/mol. The van der Waals surface area contributed by atoms with Crippen molar-refractivity contribution in [3.63, 3.8) is 0 Å². The van der Waals surface area contributed by atoms with E-state index in [4.69, 9.17) is 0 Å². The van der Waals surface area contributed by atoms with Gasteiger partial charge in [0.2, 0.25) is 5.69 Å². The Balaban J connectivity index is 1.56. The topological polar surface area (TPSA) is 3.88 Å². The van der Waals surface area contributed by atoms with Crippen molar-refractivity contribution in [1.29, 1.82) is 0 Å². The summed E-state index contributed by atoms with van der Waals surface area (Å²) in [4.78, 5) is 2.94. The van der Waals surface area contributed by atoms with Crippen LogP contribution in [0.1, 0.15) is 23.1 Å². The normalized spacial score (nSPS) is 14.4. The highest BCUT2D eigenvalue weighted by Crippen LogP contribution is 2.52. The lowest BCUT2D eigenvalue weighted by molar-refractivity contribution is -0.659. The number of aromatic nitrogens is 1. The van der Waals surface area contributed by atoms with Crippen molar-refractivity contribution >= 4 is 51.8 Å². The maximum absolute atomic E-state index is 2.54. The minimum Gasteiger partial charge on any atom is -0.200 e. The first-order chi connectivity index (χ1) is 16.9. The van der Waals surface area contributed by atoms with Crippen LogP contribution in [0.3, 0.4) is 0 Å². The highest BCUT2D eigenvalue weighted by Gasteiger charge is 2.35. The molecule has 35 heavy (non-hydrogen) atoms. The molecule has 5 aromatic rings. The number of fused-ring (bicyclic) bond motifs is 3. The monoisotopic (exact) mass is 488 g/mol. The van der Waals surface area contributed by atoms with E-state index < -0.39 is 8.07 Å². The van der Waals surface area contributed by atoms with Gasteiger partial charge in [0.05, 0.1) is 10.9 Å². The summed E-state index contributed by atoms with van der Waals surface area (Å²) in [5, 5.41) is 8.81. The Labute approximate surface area is 212 Å². The maximum atomic E-state index is 2.54. The molecule has 2 heterocycles. The Hall–Kier alpha value is -2.88. The molecule has 172 valence electrons. The first-order valence-electron chi connectivity index (χ1n) is 12.7. The molecule has 1 aromatic heterocycles. The van der Waals surface area contributed by atoms with E-state index >= 15 is 0 Å². The average molecular weight is 489 g/mol. The number of rotatable bonds is 2. The third-order valence-electron chi connectivity index (χ3n) is 8.47. The molecule has 1 nitrogen and oxygen atoms in total. The smallest absolute Gasteiger partial charge is 0.200 e. The molecule has 4 aromatic carbocycles. The van der Waals surface area contributed by atoms with Gasteiger partial charge in [-0.3, -0.25) is 0 Å². The van der Waals surface area contributed by atoms with Crippen LogP contribution in [0, 0.1) is 6.92 Å². The van der Waals surface area contributed by atoms with Gasteiger partial charge < -0.3 is 0 Å². The van der Waals surface area contributed by atoms with Gasteiger partial charge in [-0.2, -0.15) is 0 Å². The zero-order chi connectivity index (χ0) is 23.9. The van der Waals surface area contributed by atoms with Gasteiger partial charge in [-0.25, -0.2) is 4.57 Å². The van der Waals surface area contributed by atoms with Crippen molar-refractivity contribution in [1.82, 2.24) is 0 Å². The molecule has 0 bridgehead atoms. The second-order valence-electron chi connectivity index (χ2n) is 10.8. The summed E-state index contributed by atoms with van der Waals surface area (Å²) in [6.45, 7) is 7.34. The Kier molecular flexibility index (Phi) is 4.62. The molecular formula is C32H30NSSi+. The van der Waals surface area contributed by atoms with Crippen LogP contribution in [0.4, 0.5) is 0 Å².